The number of rotatable bonds is 4. The van der Waals surface area contributed by atoms with Crippen LogP contribution in [0.2, 0.25) is 0 Å². The lowest BCUT2D eigenvalue weighted by Gasteiger charge is -2.35. The fourth-order valence-corrected chi connectivity index (χ4v) is 3.43. The molecule has 1 atom stereocenters. The smallest absolute Gasteiger partial charge is 0.336 e. The molecule has 1 aromatic heterocycles. The molecule has 1 aromatic carbocycles. The molecule has 4 nitrogen and oxygen atoms in total. The van der Waals surface area contributed by atoms with E-state index in [-0.39, 0.29) is 12.2 Å². The van der Waals surface area contributed by atoms with Gasteiger partial charge in [0.15, 0.2) is 0 Å². The first-order valence-corrected chi connectivity index (χ1v) is 8.05. The molecular formula is C18H23NO3. The van der Waals surface area contributed by atoms with E-state index < -0.39 is 0 Å². The third-order valence-electron chi connectivity index (χ3n) is 4.57. The Labute approximate surface area is 130 Å². The predicted molar refractivity (Wildman–Crippen MR) is 87.0 cm³/mol. The van der Waals surface area contributed by atoms with Crippen molar-refractivity contribution in [1.29, 1.82) is 0 Å². The zero-order valence-electron chi connectivity index (χ0n) is 13.0. The molecule has 1 N–H and O–H groups in total. The lowest BCUT2D eigenvalue weighted by molar-refractivity contribution is 0.113. The molecule has 0 radical (unpaired) electrons. The number of fused-ring (bicyclic) bond motifs is 1. The van der Waals surface area contributed by atoms with E-state index >= 15 is 0 Å². The van der Waals surface area contributed by atoms with Crippen molar-refractivity contribution in [2.24, 2.45) is 0 Å². The van der Waals surface area contributed by atoms with Crippen LogP contribution in [0.5, 0.6) is 0 Å². The zero-order chi connectivity index (χ0) is 15.5. The molecular weight excluding hydrogens is 278 g/mol. The molecule has 118 valence electrons. The minimum Gasteiger partial charge on any atom is -0.423 e. The molecule has 0 unspecified atom stereocenters. The van der Waals surface area contributed by atoms with Gasteiger partial charge in [0, 0.05) is 30.6 Å². The van der Waals surface area contributed by atoms with Crippen molar-refractivity contribution in [2.45, 2.75) is 45.2 Å². The number of aryl methyl sites for hydroxylation is 1. The molecule has 2 aromatic rings. The van der Waals surface area contributed by atoms with Crippen LogP contribution in [-0.4, -0.2) is 29.2 Å². The van der Waals surface area contributed by atoms with E-state index in [1.54, 1.807) is 6.07 Å². The molecule has 1 aliphatic heterocycles. The monoisotopic (exact) mass is 301 g/mol. The molecule has 0 bridgehead atoms. The summed E-state index contributed by atoms with van der Waals surface area (Å²) in [5, 5.41) is 10.3. The van der Waals surface area contributed by atoms with Gasteiger partial charge in [-0.3, -0.25) is 4.90 Å². The Bertz CT molecular complexity index is 705. The minimum absolute atomic E-state index is 0.220. The molecule has 0 spiro atoms. The van der Waals surface area contributed by atoms with E-state index in [1.807, 2.05) is 25.1 Å². The van der Waals surface area contributed by atoms with Crippen LogP contribution < -0.4 is 5.63 Å². The molecule has 0 aliphatic carbocycles. The number of aliphatic hydroxyl groups is 1. The molecule has 1 fully saturated rings. The SMILES string of the molecule is Cc1ccc2c(CN3CCCC[C@@H]3CCO)cc(=O)oc2c1. The van der Waals surface area contributed by atoms with Crippen molar-refractivity contribution in [1.82, 2.24) is 4.90 Å². The Hall–Kier alpha value is -1.65. The van der Waals surface area contributed by atoms with Gasteiger partial charge in [-0.2, -0.15) is 0 Å². The van der Waals surface area contributed by atoms with Gasteiger partial charge in [-0.25, -0.2) is 4.79 Å². The molecule has 1 aliphatic rings. The molecule has 22 heavy (non-hydrogen) atoms. The Morgan fingerprint density at radius 2 is 2.18 bits per heavy atom. The highest BCUT2D eigenvalue weighted by atomic mass is 16.4. The number of nitrogens with zero attached hydrogens (tertiary/aromatic N) is 1. The maximum atomic E-state index is 11.8. The summed E-state index contributed by atoms with van der Waals surface area (Å²) in [5.74, 6) is 0. The third kappa shape index (κ3) is 3.23. The number of benzene rings is 1. The van der Waals surface area contributed by atoms with E-state index in [0.29, 0.717) is 11.6 Å². The average molecular weight is 301 g/mol. The van der Waals surface area contributed by atoms with Gasteiger partial charge in [-0.15, -0.1) is 0 Å². The lowest BCUT2D eigenvalue weighted by Crippen LogP contribution is -2.39. The van der Waals surface area contributed by atoms with Crippen molar-refractivity contribution in [2.75, 3.05) is 13.2 Å². The first-order chi connectivity index (χ1) is 10.7. The number of hydrogen-bond donors (Lipinski definition) is 1. The van der Waals surface area contributed by atoms with Crippen molar-refractivity contribution >= 4 is 11.0 Å². The first kappa shape index (κ1) is 15.3. The molecule has 3 rings (SSSR count). The normalized spacial score (nSPS) is 19.6. The second-order valence-corrected chi connectivity index (χ2v) is 6.22. The van der Waals surface area contributed by atoms with E-state index in [0.717, 1.165) is 42.4 Å². The number of hydrogen-bond acceptors (Lipinski definition) is 4. The Balaban J connectivity index is 1.93. The van der Waals surface area contributed by atoms with Crippen LogP contribution in [0.1, 0.15) is 36.8 Å². The molecule has 1 saturated heterocycles. The van der Waals surface area contributed by atoms with Crippen LogP contribution in [0, 0.1) is 6.92 Å². The van der Waals surface area contributed by atoms with Crippen LogP contribution in [0.15, 0.2) is 33.5 Å². The van der Waals surface area contributed by atoms with Gasteiger partial charge in [-0.05, 0) is 49.9 Å². The van der Waals surface area contributed by atoms with Crippen LogP contribution >= 0.6 is 0 Å². The van der Waals surface area contributed by atoms with Crippen molar-refractivity contribution in [3.63, 3.8) is 0 Å². The van der Waals surface area contributed by atoms with Gasteiger partial charge >= 0.3 is 5.63 Å². The maximum absolute atomic E-state index is 11.8. The Kier molecular flexibility index (Phi) is 4.60. The highest BCUT2D eigenvalue weighted by Gasteiger charge is 2.22. The Morgan fingerprint density at radius 3 is 3.00 bits per heavy atom. The van der Waals surface area contributed by atoms with E-state index in [1.165, 1.54) is 12.8 Å². The second-order valence-electron chi connectivity index (χ2n) is 6.22. The summed E-state index contributed by atoms with van der Waals surface area (Å²) in [5.41, 5.74) is 2.49. The highest BCUT2D eigenvalue weighted by Crippen LogP contribution is 2.25. The van der Waals surface area contributed by atoms with Crippen molar-refractivity contribution in [3.05, 3.63) is 45.8 Å². The van der Waals surface area contributed by atoms with E-state index in [2.05, 4.69) is 4.90 Å². The summed E-state index contributed by atoms with van der Waals surface area (Å²) < 4.78 is 5.33. The van der Waals surface area contributed by atoms with Crippen LogP contribution in [-0.2, 0) is 6.54 Å². The summed E-state index contributed by atoms with van der Waals surface area (Å²) >= 11 is 0. The molecule has 0 amide bonds. The van der Waals surface area contributed by atoms with Crippen molar-refractivity contribution < 1.29 is 9.52 Å². The average Bonchev–Trinajstić information content (AvgIpc) is 2.49. The molecule has 4 heteroatoms. The van der Waals surface area contributed by atoms with Gasteiger partial charge in [0.1, 0.15) is 5.58 Å². The minimum atomic E-state index is -0.288. The number of likely N-dealkylation sites (tertiary alicyclic amines) is 1. The fourth-order valence-electron chi connectivity index (χ4n) is 3.43. The fraction of sp³-hybridized carbons (Fsp3) is 0.500. The summed E-state index contributed by atoms with van der Waals surface area (Å²) in [4.78, 5) is 14.2. The summed E-state index contributed by atoms with van der Waals surface area (Å²) in [6.45, 7) is 3.99. The molecule has 0 saturated carbocycles. The van der Waals surface area contributed by atoms with Gasteiger partial charge in [0.25, 0.3) is 0 Å². The van der Waals surface area contributed by atoms with Crippen molar-refractivity contribution in [3.8, 4) is 0 Å². The second kappa shape index (κ2) is 6.63. The summed E-state index contributed by atoms with van der Waals surface area (Å²) in [6.07, 6.45) is 4.33. The van der Waals surface area contributed by atoms with Crippen LogP contribution in [0.4, 0.5) is 0 Å². The van der Waals surface area contributed by atoms with Gasteiger partial charge in [0.05, 0.1) is 0 Å². The van der Waals surface area contributed by atoms with Gasteiger partial charge < -0.3 is 9.52 Å². The van der Waals surface area contributed by atoms with Crippen LogP contribution in [0.25, 0.3) is 11.0 Å². The van der Waals surface area contributed by atoms with Gasteiger partial charge in [-0.1, -0.05) is 18.6 Å². The lowest BCUT2D eigenvalue weighted by atomic mass is 9.98. The first-order valence-electron chi connectivity index (χ1n) is 8.05. The summed E-state index contributed by atoms with van der Waals surface area (Å²) in [7, 11) is 0. The number of piperidine rings is 1. The van der Waals surface area contributed by atoms with E-state index in [9.17, 15) is 9.90 Å². The summed E-state index contributed by atoms with van der Waals surface area (Å²) in [6, 6.07) is 8.02. The third-order valence-corrected chi connectivity index (χ3v) is 4.57. The highest BCUT2D eigenvalue weighted by molar-refractivity contribution is 5.80. The van der Waals surface area contributed by atoms with Crippen LogP contribution in [0.3, 0.4) is 0 Å². The van der Waals surface area contributed by atoms with E-state index in [4.69, 9.17) is 4.42 Å². The molecule has 2 heterocycles. The standard InChI is InChI=1S/C18H23NO3/c1-13-5-6-16-14(11-18(21)22-17(16)10-13)12-19-8-3-2-4-15(19)7-9-20/h5-6,10-11,15,20H,2-4,7-9,12H2,1H3/t15-/m1/s1. The predicted octanol–water partition coefficient (Wildman–Crippen LogP) is 2.84. The Morgan fingerprint density at radius 1 is 1.32 bits per heavy atom. The largest absolute Gasteiger partial charge is 0.423 e. The maximum Gasteiger partial charge on any atom is 0.336 e. The quantitative estimate of drug-likeness (QED) is 0.882. The van der Waals surface area contributed by atoms with Gasteiger partial charge in [0.2, 0.25) is 0 Å². The topological polar surface area (TPSA) is 53.7 Å². The number of aliphatic hydroxyl groups excluding tert-OH is 1. The zero-order valence-corrected chi connectivity index (χ0v) is 13.0.